The van der Waals surface area contributed by atoms with Crippen molar-refractivity contribution in [3.63, 3.8) is 0 Å². The van der Waals surface area contributed by atoms with Crippen molar-refractivity contribution in [2.45, 2.75) is 12.8 Å². The first-order chi connectivity index (χ1) is 12.8. The van der Waals surface area contributed by atoms with Gasteiger partial charge in [-0.15, -0.1) is 0 Å². The second kappa shape index (κ2) is 7.47. The Morgan fingerprint density at radius 3 is 2.74 bits per heavy atom. The highest BCUT2D eigenvalue weighted by Crippen LogP contribution is 2.24. The molecular formula is C17H15FIN5O3. The van der Waals surface area contributed by atoms with Crippen molar-refractivity contribution in [2.75, 3.05) is 5.32 Å². The molecule has 1 amide bonds. The van der Waals surface area contributed by atoms with Crippen molar-refractivity contribution in [1.82, 2.24) is 14.5 Å². The van der Waals surface area contributed by atoms with Crippen LogP contribution in [0.5, 0.6) is 0 Å². The van der Waals surface area contributed by atoms with Crippen molar-refractivity contribution < 1.29 is 9.18 Å². The minimum absolute atomic E-state index is 0.00813. The SMILES string of the molecule is Cn1c(=O)cc(Nc2ccc(I)cc2F)c2c(=O)[nH]c(CCC(N)=O)nc21. The third kappa shape index (κ3) is 3.99. The van der Waals surface area contributed by atoms with Crippen LogP contribution < -0.4 is 22.2 Å². The van der Waals surface area contributed by atoms with Crippen molar-refractivity contribution >= 4 is 50.9 Å². The van der Waals surface area contributed by atoms with Gasteiger partial charge in [0.25, 0.3) is 11.1 Å². The van der Waals surface area contributed by atoms with E-state index in [1.165, 1.54) is 29.8 Å². The van der Waals surface area contributed by atoms with Gasteiger partial charge < -0.3 is 16.0 Å². The second-order valence-electron chi connectivity index (χ2n) is 5.88. The van der Waals surface area contributed by atoms with Crippen LogP contribution in [0.15, 0.2) is 33.9 Å². The van der Waals surface area contributed by atoms with E-state index < -0.39 is 22.8 Å². The van der Waals surface area contributed by atoms with Gasteiger partial charge >= 0.3 is 0 Å². The first kappa shape index (κ1) is 19.0. The summed E-state index contributed by atoms with van der Waals surface area (Å²) in [5.41, 5.74) is 4.58. The number of fused-ring (bicyclic) bond motifs is 1. The summed E-state index contributed by atoms with van der Waals surface area (Å²) >= 11 is 1.98. The van der Waals surface area contributed by atoms with Gasteiger partial charge in [-0.1, -0.05) is 0 Å². The number of aromatic amines is 1. The summed E-state index contributed by atoms with van der Waals surface area (Å²) in [7, 11) is 1.48. The Hall–Kier alpha value is -2.76. The molecule has 140 valence electrons. The number of pyridine rings is 1. The Labute approximate surface area is 165 Å². The number of benzene rings is 1. The average Bonchev–Trinajstić information content (AvgIpc) is 2.59. The summed E-state index contributed by atoms with van der Waals surface area (Å²) < 4.78 is 16.1. The summed E-state index contributed by atoms with van der Waals surface area (Å²) in [6.07, 6.45) is 0.145. The monoisotopic (exact) mass is 483 g/mol. The van der Waals surface area contributed by atoms with Crippen molar-refractivity contribution in [3.05, 3.63) is 60.2 Å². The third-order valence-electron chi connectivity index (χ3n) is 3.94. The van der Waals surface area contributed by atoms with Crippen LogP contribution in [0.2, 0.25) is 0 Å². The molecule has 0 unspecified atom stereocenters. The number of aryl methyl sites for hydroxylation is 2. The van der Waals surface area contributed by atoms with E-state index in [-0.39, 0.29) is 41.1 Å². The molecule has 0 saturated carbocycles. The molecule has 10 heteroatoms. The summed E-state index contributed by atoms with van der Waals surface area (Å²) in [5.74, 6) is -0.812. The maximum atomic E-state index is 14.2. The van der Waals surface area contributed by atoms with Gasteiger partial charge in [-0.2, -0.15) is 0 Å². The van der Waals surface area contributed by atoms with E-state index in [1.54, 1.807) is 6.07 Å². The number of hydrogen-bond donors (Lipinski definition) is 3. The van der Waals surface area contributed by atoms with Gasteiger partial charge in [-0.3, -0.25) is 19.0 Å². The van der Waals surface area contributed by atoms with Gasteiger partial charge in [0, 0.05) is 29.5 Å². The zero-order chi connectivity index (χ0) is 19.7. The Bertz CT molecular complexity index is 1170. The highest BCUT2D eigenvalue weighted by molar-refractivity contribution is 14.1. The number of rotatable bonds is 5. The summed E-state index contributed by atoms with van der Waals surface area (Å²) in [4.78, 5) is 42.7. The number of nitrogens with one attached hydrogen (secondary N) is 2. The number of nitrogens with two attached hydrogens (primary N) is 1. The minimum atomic E-state index is -0.531. The molecule has 1 aromatic carbocycles. The Kier molecular flexibility index (Phi) is 5.26. The quantitative estimate of drug-likeness (QED) is 0.476. The summed E-state index contributed by atoms with van der Waals surface area (Å²) in [6.45, 7) is 0. The number of carbonyl (C=O) groups is 1. The lowest BCUT2D eigenvalue weighted by Gasteiger charge is -2.13. The van der Waals surface area contributed by atoms with E-state index in [0.29, 0.717) is 3.57 Å². The predicted octanol–water partition coefficient (Wildman–Crippen LogP) is 1.53. The van der Waals surface area contributed by atoms with E-state index >= 15 is 0 Å². The van der Waals surface area contributed by atoms with E-state index in [4.69, 9.17) is 5.73 Å². The molecule has 0 fully saturated rings. The number of amides is 1. The summed E-state index contributed by atoms with van der Waals surface area (Å²) in [5, 5.41) is 2.90. The van der Waals surface area contributed by atoms with E-state index in [1.807, 2.05) is 22.6 Å². The molecule has 4 N–H and O–H groups in total. The largest absolute Gasteiger partial charge is 0.370 e. The van der Waals surface area contributed by atoms with Crippen LogP contribution >= 0.6 is 22.6 Å². The van der Waals surface area contributed by atoms with E-state index in [0.717, 1.165) is 0 Å². The fraction of sp³-hybridized carbons (Fsp3) is 0.176. The predicted molar refractivity (Wildman–Crippen MR) is 108 cm³/mol. The lowest BCUT2D eigenvalue weighted by atomic mass is 10.2. The topological polar surface area (TPSA) is 123 Å². The zero-order valence-corrected chi connectivity index (χ0v) is 16.3. The lowest BCUT2D eigenvalue weighted by molar-refractivity contribution is -0.118. The Morgan fingerprint density at radius 2 is 2.07 bits per heavy atom. The molecule has 0 bridgehead atoms. The normalized spacial score (nSPS) is 10.9. The molecule has 2 aromatic heterocycles. The average molecular weight is 483 g/mol. The van der Waals surface area contributed by atoms with Crippen LogP contribution in [0.25, 0.3) is 11.0 Å². The fourth-order valence-corrected chi connectivity index (χ4v) is 3.04. The van der Waals surface area contributed by atoms with Crippen molar-refractivity contribution in [1.29, 1.82) is 0 Å². The van der Waals surface area contributed by atoms with Crippen LogP contribution in [-0.2, 0) is 18.3 Å². The molecule has 3 rings (SSSR count). The van der Waals surface area contributed by atoms with Crippen LogP contribution in [0.3, 0.4) is 0 Å². The van der Waals surface area contributed by atoms with Gasteiger partial charge in [0.15, 0.2) is 5.65 Å². The van der Waals surface area contributed by atoms with Gasteiger partial charge in [0.2, 0.25) is 5.91 Å². The molecular weight excluding hydrogens is 468 g/mol. The number of anilines is 2. The van der Waals surface area contributed by atoms with Crippen LogP contribution in [0, 0.1) is 9.39 Å². The van der Waals surface area contributed by atoms with Crippen molar-refractivity contribution in [3.8, 4) is 0 Å². The standard InChI is InChI=1S/C17H15FIN5O3/c1-24-14(26)7-11(21-10-3-2-8(19)6-9(10)18)15-16(24)22-13(23-17(15)27)5-4-12(20)25/h2-3,6-7,21H,4-5H2,1H3,(H2,20,25)(H,22,23,27). The van der Waals surface area contributed by atoms with Crippen molar-refractivity contribution in [2.24, 2.45) is 12.8 Å². The molecule has 8 nitrogen and oxygen atoms in total. The van der Waals surface area contributed by atoms with Gasteiger partial charge in [0.05, 0.1) is 11.4 Å². The molecule has 0 aliphatic carbocycles. The number of halogens is 2. The molecule has 0 atom stereocenters. The number of hydrogen-bond acceptors (Lipinski definition) is 5. The first-order valence-electron chi connectivity index (χ1n) is 7.89. The van der Waals surface area contributed by atoms with E-state index in [9.17, 15) is 18.8 Å². The molecule has 0 spiro atoms. The Balaban J connectivity index is 2.16. The van der Waals surface area contributed by atoms with Gasteiger partial charge in [-0.05, 0) is 40.8 Å². The number of primary amides is 1. The number of carbonyl (C=O) groups excluding carboxylic acids is 1. The fourth-order valence-electron chi connectivity index (χ4n) is 2.58. The molecule has 27 heavy (non-hydrogen) atoms. The van der Waals surface area contributed by atoms with Crippen LogP contribution in [0.4, 0.5) is 15.8 Å². The Morgan fingerprint density at radius 1 is 1.33 bits per heavy atom. The highest BCUT2D eigenvalue weighted by Gasteiger charge is 2.15. The first-order valence-corrected chi connectivity index (χ1v) is 8.97. The number of aromatic nitrogens is 3. The minimum Gasteiger partial charge on any atom is -0.370 e. The molecule has 0 saturated heterocycles. The molecule has 0 radical (unpaired) electrons. The van der Waals surface area contributed by atoms with Crippen LogP contribution in [0.1, 0.15) is 12.2 Å². The molecule has 2 heterocycles. The lowest BCUT2D eigenvalue weighted by Crippen LogP contribution is -2.24. The third-order valence-corrected chi connectivity index (χ3v) is 4.61. The maximum absolute atomic E-state index is 14.2. The smallest absolute Gasteiger partial charge is 0.262 e. The van der Waals surface area contributed by atoms with Crippen LogP contribution in [-0.4, -0.2) is 20.4 Å². The zero-order valence-electron chi connectivity index (χ0n) is 14.2. The number of nitrogens with zero attached hydrogens (tertiary/aromatic N) is 2. The van der Waals surface area contributed by atoms with E-state index in [2.05, 4.69) is 15.3 Å². The molecule has 0 aliphatic heterocycles. The highest BCUT2D eigenvalue weighted by atomic mass is 127. The van der Waals surface area contributed by atoms with Gasteiger partial charge in [-0.25, -0.2) is 9.37 Å². The molecule has 3 aromatic rings. The van der Waals surface area contributed by atoms with Gasteiger partial charge in [0.1, 0.15) is 17.0 Å². The second-order valence-corrected chi connectivity index (χ2v) is 7.13. The maximum Gasteiger partial charge on any atom is 0.262 e. The number of H-pyrrole nitrogens is 1. The molecule has 0 aliphatic rings. The summed E-state index contributed by atoms with van der Waals surface area (Å²) in [6, 6.07) is 5.75.